The van der Waals surface area contributed by atoms with E-state index in [9.17, 15) is 23.7 Å². The number of benzene rings is 3. The van der Waals surface area contributed by atoms with E-state index < -0.39 is 68.8 Å². The summed E-state index contributed by atoms with van der Waals surface area (Å²) in [5, 5.41) is 11.0. The van der Waals surface area contributed by atoms with Crippen LogP contribution in [0.5, 0.6) is 5.75 Å². The first-order chi connectivity index (χ1) is 25.7. The standard InChI is InChI=1S/C34H33BN3O14P/c35-37-47-21-23-11-13-26(14-12-23)51-53(44,48-20-19-45-18-17-39)52-29-27(22-46-32(41)24-7-3-1-4-8-24)49-31(38-16-15-28(40)36-34(38)43)30(29)50-33(42)25-9-5-2-6-10-25/h1-18,27,29-31,37,39H,19-22H2,(H,36,40,43)/b18-17+. The van der Waals surface area contributed by atoms with Gasteiger partial charge in [0.25, 0.3) is 5.56 Å². The first kappa shape index (κ1) is 38.7. The number of nitrogens with zero attached hydrogens (tertiary/aromatic N) is 1. The van der Waals surface area contributed by atoms with Gasteiger partial charge in [-0.25, -0.2) is 18.9 Å². The normalized spacial score (nSPS) is 19.3. The van der Waals surface area contributed by atoms with E-state index in [0.717, 1.165) is 23.1 Å². The van der Waals surface area contributed by atoms with Gasteiger partial charge in [-0.15, -0.1) is 0 Å². The van der Waals surface area contributed by atoms with Gasteiger partial charge in [-0.3, -0.25) is 28.8 Å². The van der Waals surface area contributed by atoms with Gasteiger partial charge in [-0.1, -0.05) is 48.5 Å². The lowest BCUT2D eigenvalue weighted by Crippen LogP contribution is -2.42. The second-order valence-electron chi connectivity index (χ2n) is 10.9. The topological polar surface area (TPSA) is 212 Å². The molecule has 53 heavy (non-hydrogen) atoms. The van der Waals surface area contributed by atoms with Crippen LogP contribution in [0.1, 0.15) is 32.5 Å². The predicted molar refractivity (Wildman–Crippen MR) is 185 cm³/mol. The zero-order valence-corrected chi connectivity index (χ0v) is 28.7. The quantitative estimate of drug-likeness (QED) is 0.0333. The van der Waals surface area contributed by atoms with Crippen LogP contribution in [0.25, 0.3) is 0 Å². The smallest absolute Gasteiger partial charge is 0.512 e. The number of phosphoric ester groups is 1. The minimum atomic E-state index is -4.80. The molecule has 0 aliphatic carbocycles. The second-order valence-corrected chi connectivity index (χ2v) is 12.5. The molecule has 3 aromatic carbocycles. The van der Waals surface area contributed by atoms with E-state index in [0.29, 0.717) is 11.8 Å². The molecule has 17 nitrogen and oxygen atoms in total. The molecule has 2 radical (unpaired) electrons. The van der Waals surface area contributed by atoms with Crippen molar-refractivity contribution in [1.29, 1.82) is 0 Å². The first-order valence-electron chi connectivity index (χ1n) is 15.8. The average Bonchev–Trinajstić information content (AvgIpc) is 3.49. The summed E-state index contributed by atoms with van der Waals surface area (Å²) >= 11 is 0. The van der Waals surface area contributed by atoms with Gasteiger partial charge in [0.15, 0.2) is 12.3 Å². The molecule has 1 aliphatic rings. The zero-order chi connectivity index (χ0) is 37.6. The highest BCUT2D eigenvalue weighted by Gasteiger charge is 2.53. The van der Waals surface area contributed by atoms with Crippen LogP contribution in [-0.4, -0.2) is 72.7 Å². The summed E-state index contributed by atoms with van der Waals surface area (Å²) in [7, 11) is 0.365. The van der Waals surface area contributed by atoms with E-state index in [2.05, 4.69) is 10.4 Å². The maximum Gasteiger partial charge on any atom is 0.530 e. The summed E-state index contributed by atoms with van der Waals surface area (Å²) in [6.45, 7) is -1.12. The third kappa shape index (κ3) is 10.8. The Kier molecular flexibility index (Phi) is 13.8. The van der Waals surface area contributed by atoms with Crippen molar-refractivity contribution < 1.29 is 56.6 Å². The number of aromatic amines is 1. The number of nitrogens with one attached hydrogen (secondary N) is 2. The van der Waals surface area contributed by atoms with Crippen LogP contribution in [0, 0.1) is 0 Å². The van der Waals surface area contributed by atoms with Gasteiger partial charge in [0.1, 0.15) is 43.7 Å². The summed E-state index contributed by atoms with van der Waals surface area (Å²) in [6, 6.07) is 22.9. The number of rotatable bonds is 18. The van der Waals surface area contributed by atoms with Crippen LogP contribution < -0.4 is 21.2 Å². The van der Waals surface area contributed by atoms with Crippen LogP contribution in [-0.2, 0) is 44.0 Å². The second kappa shape index (κ2) is 18.8. The summed E-state index contributed by atoms with van der Waals surface area (Å²) in [6.07, 6.45) is -3.45. The number of aliphatic hydroxyl groups excluding tert-OH is 1. The number of esters is 2. The van der Waals surface area contributed by atoms with Crippen molar-refractivity contribution in [2.45, 2.75) is 31.1 Å². The Balaban J connectivity index is 1.53. The van der Waals surface area contributed by atoms with E-state index in [1.165, 1.54) is 36.4 Å². The highest BCUT2D eigenvalue weighted by molar-refractivity contribution is 7.49. The van der Waals surface area contributed by atoms with Gasteiger partial charge in [0.05, 0.1) is 24.3 Å². The number of carbonyl (C=O) groups is 2. The first-order valence-corrected chi connectivity index (χ1v) is 17.3. The minimum absolute atomic E-state index is 0.00571. The summed E-state index contributed by atoms with van der Waals surface area (Å²) in [5.74, 6) is -1.64. The highest BCUT2D eigenvalue weighted by Crippen LogP contribution is 2.53. The molecular formula is C34H33BN3O14P. The third-order valence-electron chi connectivity index (χ3n) is 7.37. The number of carbonyl (C=O) groups excluding carboxylic acids is 2. The number of ether oxygens (including phenoxy) is 4. The van der Waals surface area contributed by atoms with E-state index in [1.54, 1.807) is 48.5 Å². The van der Waals surface area contributed by atoms with Crippen molar-refractivity contribution in [3.05, 3.63) is 147 Å². The van der Waals surface area contributed by atoms with Crippen LogP contribution >= 0.6 is 7.82 Å². The van der Waals surface area contributed by atoms with Gasteiger partial charge >= 0.3 is 25.5 Å². The zero-order valence-electron chi connectivity index (χ0n) is 27.8. The van der Waals surface area contributed by atoms with Crippen LogP contribution in [0.4, 0.5) is 0 Å². The van der Waals surface area contributed by atoms with Crippen LogP contribution in [0.15, 0.2) is 119 Å². The third-order valence-corrected chi connectivity index (χ3v) is 8.81. The Labute approximate surface area is 303 Å². The Morgan fingerprint density at radius 3 is 2.25 bits per heavy atom. The van der Waals surface area contributed by atoms with Crippen molar-refractivity contribution in [3.8, 4) is 5.75 Å². The van der Waals surface area contributed by atoms with E-state index in [1.807, 2.05) is 0 Å². The molecule has 1 aliphatic heterocycles. The van der Waals surface area contributed by atoms with Gasteiger partial charge < -0.3 is 33.4 Å². The SMILES string of the molecule is [B]NOCc1ccc(OP(=O)(OCCO/C=C/O)OC2C(COC(=O)c3ccccc3)OC(n3ccc(=O)[nH]c3=O)C2OC(=O)c2ccccc2)cc1. The number of hydrogen-bond acceptors (Lipinski definition) is 15. The lowest BCUT2D eigenvalue weighted by Gasteiger charge is -2.28. The molecular weight excluding hydrogens is 716 g/mol. The Bertz CT molecular complexity index is 2000. The molecule has 1 saturated heterocycles. The summed E-state index contributed by atoms with van der Waals surface area (Å²) in [5.41, 5.74) is -0.694. The van der Waals surface area contributed by atoms with Crippen molar-refractivity contribution in [2.24, 2.45) is 0 Å². The van der Waals surface area contributed by atoms with Gasteiger partial charge in [0.2, 0.25) is 7.98 Å². The molecule has 0 spiro atoms. The van der Waals surface area contributed by atoms with Gasteiger partial charge in [-0.2, -0.15) is 0 Å². The minimum Gasteiger partial charge on any atom is -0.512 e. The van der Waals surface area contributed by atoms with Gasteiger partial charge in [0, 0.05) is 12.3 Å². The Hall–Kier alpha value is -5.49. The summed E-state index contributed by atoms with van der Waals surface area (Å²) in [4.78, 5) is 58.5. The highest BCUT2D eigenvalue weighted by atomic mass is 31.2. The molecule has 0 saturated carbocycles. The lowest BCUT2D eigenvalue weighted by molar-refractivity contribution is -0.0636. The van der Waals surface area contributed by atoms with Gasteiger partial charge in [-0.05, 0) is 42.0 Å². The molecule has 1 aromatic heterocycles. The molecule has 3 N–H and O–H groups in total. The number of hydrogen-bond donors (Lipinski definition) is 3. The molecule has 2 heterocycles. The Morgan fingerprint density at radius 2 is 1.60 bits per heavy atom. The number of aromatic nitrogens is 2. The molecule has 0 bridgehead atoms. The van der Waals surface area contributed by atoms with Crippen molar-refractivity contribution in [3.63, 3.8) is 0 Å². The largest absolute Gasteiger partial charge is 0.530 e. The molecule has 5 rings (SSSR count). The lowest BCUT2D eigenvalue weighted by atomic mass is 10.1. The summed E-state index contributed by atoms with van der Waals surface area (Å²) < 4.78 is 55.6. The monoisotopic (exact) mass is 749 g/mol. The molecule has 19 heteroatoms. The number of phosphoric acid groups is 1. The molecule has 0 amide bonds. The molecule has 276 valence electrons. The fourth-order valence-electron chi connectivity index (χ4n) is 4.96. The van der Waals surface area contributed by atoms with Crippen LogP contribution in [0.3, 0.4) is 0 Å². The van der Waals surface area contributed by atoms with E-state index in [-0.39, 0.29) is 30.1 Å². The number of aliphatic hydroxyl groups is 1. The van der Waals surface area contributed by atoms with Crippen molar-refractivity contribution in [2.75, 3.05) is 19.8 Å². The fourth-order valence-corrected chi connectivity index (χ4v) is 6.35. The van der Waals surface area contributed by atoms with Crippen molar-refractivity contribution in [1.82, 2.24) is 14.9 Å². The maximum absolute atomic E-state index is 14.5. The van der Waals surface area contributed by atoms with Crippen molar-refractivity contribution >= 4 is 27.7 Å². The predicted octanol–water partition coefficient (Wildman–Crippen LogP) is 3.26. The molecule has 5 atom stereocenters. The van der Waals surface area contributed by atoms with Crippen LogP contribution in [0.2, 0.25) is 0 Å². The maximum atomic E-state index is 14.5. The fraction of sp³-hybridized carbons (Fsp3) is 0.235. The van der Waals surface area contributed by atoms with E-state index >= 15 is 0 Å². The Morgan fingerprint density at radius 1 is 0.925 bits per heavy atom. The van der Waals surface area contributed by atoms with E-state index in [4.69, 9.17) is 50.4 Å². The average molecular weight is 749 g/mol. The molecule has 1 fully saturated rings. The molecule has 5 unspecified atom stereocenters. The number of H-pyrrole nitrogens is 1. The molecule has 4 aromatic rings.